The maximum atomic E-state index is 10.4. The summed E-state index contributed by atoms with van der Waals surface area (Å²) in [6.07, 6.45) is 4.04. The first-order chi connectivity index (χ1) is 8.24. The Kier molecular flexibility index (Phi) is 3.71. The maximum absolute atomic E-state index is 10.4. The zero-order valence-electron chi connectivity index (χ0n) is 9.84. The first-order valence-electron chi connectivity index (χ1n) is 5.67. The molecule has 0 spiro atoms. The minimum atomic E-state index is -0.517. The molecule has 0 N–H and O–H groups in total. The van der Waals surface area contributed by atoms with Crippen molar-refractivity contribution in [1.82, 2.24) is 0 Å². The summed E-state index contributed by atoms with van der Waals surface area (Å²) in [5, 5.41) is 0. The molecule has 3 heteroatoms. The zero-order valence-corrected chi connectivity index (χ0v) is 9.84. The highest BCUT2D eigenvalue weighted by Gasteiger charge is 2.42. The van der Waals surface area contributed by atoms with Gasteiger partial charge in [0.1, 0.15) is 18.0 Å². The standard InChI is InChI=1S/C14H16O3/c1-14(8-5-9-15,13-11-16-13)17-10-12-6-3-2-4-7-12/h2-9,13H,10-11H2,1H3/b8-5+/t13?,14-/m0/s1. The SMILES string of the molecule is C[C@@](/C=C/C=O)(OCc1ccccc1)C1CO1. The summed E-state index contributed by atoms with van der Waals surface area (Å²) < 4.78 is 11.1. The van der Waals surface area contributed by atoms with Crippen LogP contribution >= 0.6 is 0 Å². The summed E-state index contributed by atoms with van der Waals surface area (Å²) in [6.45, 7) is 3.14. The molecule has 1 aromatic rings. The van der Waals surface area contributed by atoms with Crippen LogP contribution in [-0.4, -0.2) is 24.6 Å². The van der Waals surface area contributed by atoms with E-state index in [1.165, 1.54) is 6.08 Å². The van der Waals surface area contributed by atoms with E-state index in [1.807, 2.05) is 37.3 Å². The Morgan fingerprint density at radius 1 is 1.47 bits per heavy atom. The van der Waals surface area contributed by atoms with Gasteiger partial charge in [0.2, 0.25) is 0 Å². The fourth-order valence-corrected chi connectivity index (χ4v) is 1.67. The van der Waals surface area contributed by atoms with Crippen molar-refractivity contribution >= 4 is 6.29 Å². The van der Waals surface area contributed by atoms with Crippen molar-refractivity contribution in [3.8, 4) is 0 Å². The molecule has 2 atom stereocenters. The first-order valence-corrected chi connectivity index (χ1v) is 5.67. The fourth-order valence-electron chi connectivity index (χ4n) is 1.67. The van der Waals surface area contributed by atoms with Crippen LogP contribution in [0.3, 0.4) is 0 Å². The van der Waals surface area contributed by atoms with Crippen molar-refractivity contribution in [2.45, 2.75) is 25.2 Å². The number of carbonyl (C=O) groups is 1. The second kappa shape index (κ2) is 5.25. The van der Waals surface area contributed by atoms with Crippen LogP contribution in [0.4, 0.5) is 0 Å². The van der Waals surface area contributed by atoms with Crippen molar-refractivity contribution in [1.29, 1.82) is 0 Å². The molecule has 1 fully saturated rings. The lowest BCUT2D eigenvalue weighted by atomic mass is 10.0. The Morgan fingerprint density at radius 3 is 2.76 bits per heavy atom. The van der Waals surface area contributed by atoms with Gasteiger partial charge in [-0.05, 0) is 24.6 Å². The zero-order chi connectivity index (χ0) is 12.1. The van der Waals surface area contributed by atoms with E-state index in [0.29, 0.717) is 13.2 Å². The summed E-state index contributed by atoms with van der Waals surface area (Å²) in [4.78, 5) is 10.4. The van der Waals surface area contributed by atoms with Gasteiger partial charge in [0.25, 0.3) is 0 Å². The number of carbonyl (C=O) groups excluding carboxylic acids is 1. The molecule has 1 aliphatic rings. The summed E-state index contributed by atoms with van der Waals surface area (Å²) >= 11 is 0. The average Bonchev–Trinajstić information content (AvgIpc) is 3.20. The van der Waals surface area contributed by atoms with Gasteiger partial charge in [0, 0.05) is 0 Å². The van der Waals surface area contributed by atoms with Crippen molar-refractivity contribution < 1.29 is 14.3 Å². The van der Waals surface area contributed by atoms with Crippen LogP contribution in [0, 0.1) is 0 Å². The molecule has 1 saturated heterocycles. The second-order valence-electron chi connectivity index (χ2n) is 4.28. The van der Waals surface area contributed by atoms with E-state index in [4.69, 9.17) is 9.47 Å². The minimum Gasteiger partial charge on any atom is -0.370 e. The Balaban J connectivity index is 1.98. The van der Waals surface area contributed by atoms with Crippen LogP contribution < -0.4 is 0 Å². The molecule has 1 heterocycles. The number of allylic oxidation sites excluding steroid dienone is 1. The topological polar surface area (TPSA) is 38.8 Å². The monoisotopic (exact) mass is 232 g/mol. The molecule has 2 rings (SSSR count). The van der Waals surface area contributed by atoms with Gasteiger partial charge in [-0.2, -0.15) is 0 Å². The van der Waals surface area contributed by atoms with Gasteiger partial charge >= 0.3 is 0 Å². The van der Waals surface area contributed by atoms with Crippen LogP contribution in [0.15, 0.2) is 42.5 Å². The molecule has 1 unspecified atom stereocenters. The molecule has 1 aliphatic heterocycles. The highest BCUT2D eigenvalue weighted by molar-refractivity contribution is 5.65. The van der Waals surface area contributed by atoms with Gasteiger partial charge in [-0.3, -0.25) is 4.79 Å². The normalized spacial score (nSPS) is 22.3. The smallest absolute Gasteiger partial charge is 0.142 e. The van der Waals surface area contributed by atoms with Crippen LogP contribution in [0.5, 0.6) is 0 Å². The van der Waals surface area contributed by atoms with Crippen LogP contribution in [0.2, 0.25) is 0 Å². The van der Waals surface area contributed by atoms with E-state index in [-0.39, 0.29) is 6.10 Å². The van der Waals surface area contributed by atoms with Crippen molar-refractivity contribution in [3.05, 3.63) is 48.0 Å². The number of rotatable bonds is 6. The molecule has 3 nitrogen and oxygen atoms in total. The Bertz CT molecular complexity index is 395. The van der Waals surface area contributed by atoms with Crippen molar-refractivity contribution in [2.75, 3.05) is 6.61 Å². The lowest BCUT2D eigenvalue weighted by molar-refractivity contribution is -0.104. The molecule has 0 bridgehead atoms. The van der Waals surface area contributed by atoms with Gasteiger partial charge in [-0.1, -0.05) is 30.3 Å². The van der Waals surface area contributed by atoms with E-state index in [0.717, 1.165) is 11.8 Å². The molecule has 0 radical (unpaired) electrons. The van der Waals surface area contributed by atoms with Gasteiger partial charge in [0.05, 0.1) is 13.2 Å². The van der Waals surface area contributed by atoms with Crippen molar-refractivity contribution in [3.63, 3.8) is 0 Å². The summed E-state index contributed by atoms with van der Waals surface area (Å²) in [6, 6.07) is 9.95. The molecule has 0 saturated carbocycles. The number of hydrogen-bond donors (Lipinski definition) is 0. The quantitative estimate of drug-likeness (QED) is 0.428. The second-order valence-corrected chi connectivity index (χ2v) is 4.28. The molecule has 0 amide bonds. The van der Waals surface area contributed by atoms with E-state index < -0.39 is 5.60 Å². The predicted molar refractivity (Wildman–Crippen MR) is 64.6 cm³/mol. The summed E-state index contributed by atoms with van der Waals surface area (Å²) in [5.74, 6) is 0. The van der Waals surface area contributed by atoms with E-state index in [9.17, 15) is 4.79 Å². The van der Waals surface area contributed by atoms with E-state index in [1.54, 1.807) is 6.08 Å². The molecule has 17 heavy (non-hydrogen) atoms. The Labute approximate surface area is 101 Å². The minimum absolute atomic E-state index is 0.0578. The Hall–Kier alpha value is -1.45. The van der Waals surface area contributed by atoms with Gasteiger partial charge < -0.3 is 9.47 Å². The number of aldehydes is 1. The van der Waals surface area contributed by atoms with Crippen LogP contribution in [0.1, 0.15) is 12.5 Å². The van der Waals surface area contributed by atoms with Gasteiger partial charge in [-0.15, -0.1) is 0 Å². The average molecular weight is 232 g/mol. The Morgan fingerprint density at radius 2 is 2.18 bits per heavy atom. The third-order valence-corrected chi connectivity index (χ3v) is 2.87. The highest BCUT2D eigenvalue weighted by Crippen LogP contribution is 2.30. The van der Waals surface area contributed by atoms with E-state index in [2.05, 4.69) is 0 Å². The highest BCUT2D eigenvalue weighted by atomic mass is 16.6. The summed E-state index contributed by atoms with van der Waals surface area (Å²) in [5.41, 5.74) is 0.593. The number of hydrogen-bond acceptors (Lipinski definition) is 3. The molecule has 0 aromatic heterocycles. The molecule has 0 aliphatic carbocycles. The lowest BCUT2D eigenvalue weighted by Gasteiger charge is -2.24. The molecular weight excluding hydrogens is 216 g/mol. The van der Waals surface area contributed by atoms with E-state index >= 15 is 0 Å². The fraction of sp³-hybridized carbons (Fsp3) is 0.357. The number of benzene rings is 1. The lowest BCUT2D eigenvalue weighted by Crippen LogP contribution is -2.32. The molecule has 1 aromatic carbocycles. The van der Waals surface area contributed by atoms with Gasteiger partial charge in [0.15, 0.2) is 0 Å². The maximum Gasteiger partial charge on any atom is 0.142 e. The first kappa shape index (κ1) is 12.0. The van der Waals surface area contributed by atoms with Crippen LogP contribution in [0.25, 0.3) is 0 Å². The summed E-state index contributed by atoms with van der Waals surface area (Å²) in [7, 11) is 0. The van der Waals surface area contributed by atoms with Gasteiger partial charge in [-0.25, -0.2) is 0 Å². The molecular formula is C14H16O3. The predicted octanol–water partition coefficient (Wildman–Crippen LogP) is 2.12. The third-order valence-electron chi connectivity index (χ3n) is 2.87. The number of epoxide rings is 1. The van der Waals surface area contributed by atoms with Crippen LogP contribution in [-0.2, 0) is 20.9 Å². The van der Waals surface area contributed by atoms with Crippen molar-refractivity contribution in [2.24, 2.45) is 0 Å². The third kappa shape index (κ3) is 3.25. The molecule has 90 valence electrons. The largest absolute Gasteiger partial charge is 0.370 e. The number of ether oxygens (including phenoxy) is 2.